The van der Waals surface area contributed by atoms with E-state index in [1.807, 2.05) is 6.07 Å². The molecule has 2 aromatic rings. The van der Waals surface area contributed by atoms with Gasteiger partial charge in [0.05, 0.1) is 5.52 Å². The van der Waals surface area contributed by atoms with Crippen LogP contribution in [0.5, 0.6) is 0 Å². The largest absolute Gasteiger partial charge is 0.314 e. The van der Waals surface area contributed by atoms with Crippen molar-refractivity contribution in [3.63, 3.8) is 0 Å². The first-order valence-electron chi connectivity index (χ1n) is 6.67. The molecule has 0 bridgehead atoms. The van der Waals surface area contributed by atoms with Crippen LogP contribution in [0.25, 0.3) is 10.9 Å². The summed E-state index contributed by atoms with van der Waals surface area (Å²) in [6.07, 6.45) is 3.04. The molecule has 1 unspecified atom stereocenters. The summed E-state index contributed by atoms with van der Waals surface area (Å²) in [7, 11) is 1.70. The first-order chi connectivity index (χ1) is 9.15. The van der Waals surface area contributed by atoms with Crippen LogP contribution in [0.3, 0.4) is 0 Å². The zero-order valence-electron chi connectivity index (χ0n) is 10.9. The third-order valence-corrected chi connectivity index (χ3v) is 3.89. The molecule has 0 saturated carbocycles. The highest BCUT2D eigenvalue weighted by Gasteiger charge is 2.17. The van der Waals surface area contributed by atoms with Gasteiger partial charge < -0.3 is 9.88 Å². The third kappa shape index (κ3) is 2.28. The summed E-state index contributed by atoms with van der Waals surface area (Å²) in [6.45, 7) is 1.03. The molecule has 100 valence electrons. The molecule has 4 heteroatoms. The Morgan fingerprint density at radius 1 is 1.42 bits per heavy atom. The normalized spacial score (nSPS) is 19.2. The van der Waals surface area contributed by atoms with E-state index in [2.05, 4.69) is 5.32 Å². The topological polar surface area (TPSA) is 34.0 Å². The van der Waals surface area contributed by atoms with E-state index in [0.717, 1.165) is 30.3 Å². The molecule has 1 N–H and O–H groups in total. The smallest absolute Gasteiger partial charge is 0.254 e. The zero-order valence-corrected chi connectivity index (χ0v) is 10.9. The molecule has 3 rings (SSSR count). The average Bonchev–Trinajstić information content (AvgIpc) is 2.89. The minimum atomic E-state index is -0.312. The number of benzene rings is 1. The van der Waals surface area contributed by atoms with E-state index in [9.17, 15) is 9.18 Å². The van der Waals surface area contributed by atoms with Gasteiger partial charge in [-0.25, -0.2) is 4.39 Å². The van der Waals surface area contributed by atoms with Crippen molar-refractivity contribution in [2.75, 3.05) is 6.54 Å². The Morgan fingerprint density at radius 3 is 3.00 bits per heavy atom. The van der Waals surface area contributed by atoms with Gasteiger partial charge in [-0.1, -0.05) is 0 Å². The van der Waals surface area contributed by atoms with Gasteiger partial charge in [0.1, 0.15) is 5.82 Å². The second-order valence-electron chi connectivity index (χ2n) is 5.23. The second kappa shape index (κ2) is 4.78. The zero-order chi connectivity index (χ0) is 13.4. The summed E-state index contributed by atoms with van der Waals surface area (Å²) in [4.78, 5) is 12.3. The van der Waals surface area contributed by atoms with Gasteiger partial charge in [0.2, 0.25) is 0 Å². The van der Waals surface area contributed by atoms with Crippen LogP contribution in [-0.2, 0) is 13.5 Å². The highest BCUT2D eigenvalue weighted by molar-refractivity contribution is 5.79. The molecule has 1 aromatic heterocycles. The van der Waals surface area contributed by atoms with Crippen LogP contribution >= 0.6 is 0 Å². The minimum absolute atomic E-state index is 0.0215. The van der Waals surface area contributed by atoms with Gasteiger partial charge in [-0.15, -0.1) is 0 Å². The van der Waals surface area contributed by atoms with Crippen molar-refractivity contribution in [3.8, 4) is 0 Å². The number of rotatable bonds is 2. The Balaban J connectivity index is 2.07. The fourth-order valence-electron chi connectivity index (χ4n) is 2.85. The number of halogens is 1. The number of aromatic nitrogens is 1. The molecule has 0 aliphatic carbocycles. The molecule has 0 spiro atoms. The standard InChI is InChI=1S/C15H17FN2O/c1-18-14-9-12(16)5-4-10(14)7-11(15(18)19)8-13-3-2-6-17-13/h4-5,7,9,13,17H,2-3,6,8H2,1H3. The summed E-state index contributed by atoms with van der Waals surface area (Å²) in [6, 6.07) is 6.87. The van der Waals surface area contributed by atoms with Gasteiger partial charge in [0.25, 0.3) is 5.56 Å². The molecule has 0 radical (unpaired) electrons. The number of nitrogens with zero attached hydrogens (tertiary/aromatic N) is 1. The number of fused-ring (bicyclic) bond motifs is 1. The van der Waals surface area contributed by atoms with Crippen LogP contribution in [0, 0.1) is 5.82 Å². The molecular weight excluding hydrogens is 243 g/mol. The quantitative estimate of drug-likeness (QED) is 0.895. The molecular formula is C15H17FN2O. The van der Waals surface area contributed by atoms with Crippen molar-refractivity contribution in [1.29, 1.82) is 0 Å². The highest BCUT2D eigenvalue weighted by atomic mass is 19.1. The molecule has 1 aliphatic heterocycles. The van der Waals surface area contributed by atoms with E-state index in [1.54, 1.807) is 17.7 Å². The molecule has 2 heterocycles. The van der Waals surface area contributed by atoms with Crippen molar-refractivity contribution in [3.05, 3.63) is 46.0 Å². The maximum atomic E-state index is 13.3. The van der Waals surface area contributed by atoms with Gasteiger partial charge in [0, 0.05) is 18.7 Å². The van der Waals surface area contributed by atoms with Gasteiger partial charge in [-0.05, 0) is 55.5 Å². The summed E-state index contributed by atoms with van der Waals surface area (Å²) in [5, 5.41) is 4.31. The predicted molar refractivity (Wildman–Crippen MR) is 73.9 cm³/mol. The average molecular weight is 260 g/mol. The van der Waals surface area contributed by atoms with Gasteiger partial charge in [-0.3, -0.25) is 4.79 Å². The lowest BCUT2D eigenvalue weighted by atomic mass is 10.0. The van der Waals surface area contributed by atoms with E-state index in [1.165, 1.54) is 18.6 Å². The monoisotopic (exact) mass is 260 g/mol. The molecule has 1 aromatic carbocycles. The minimum Gasteiger partial charge on any atom is -0.314 e. The van der Waals surface area contributed by atoms with Crippen molar-refractivity contribution < 1.29 is 4.39 Å². The van der Waals surface area contributed by atoms with E-state index in [0.29, 0.717) is 11.6 Å². The van der Waals surface area contributed by atoms with Crippen molar-refractivity contribution in [2.24, 2.45) is 7.05 Å². The third-order valence-electron chi connectivity index (χ3n) is 3.89. The van der Waals surface area contributed by atoms with Gasteiger partial charge in [0.15, 0.2) is 0 Å². The molecule has 1 saturated heterocycles. The van der Waals surface area contributed by atoms with Crippen LogP contribution in [0.4, 0.5) is 4.39 Å². The number of hydrogen-bond acceptors (Lipinski definition) is 2. The Kier molecular flexibility index (Phi) is 3.11. The fraction of sp³-hybridized carbons (Fsp3) is 0.400. The number of hydrogen-bond donors (Lipinski definition) is 1. The Labute approximate surface area is 111 Å². The Bertz CT molecular complexity index is 672. The molecule has 1 aliphatic rings. The van der Waals surface area contributed by atoms with E-state index in [4.69, 9.17) is 0 Å². The molecule has 1 fully saturated rings. The summed E-state index contributed by atoms with van der Waals surface area (Å²) < 4.78 is 14.8. The lowest BCUT2D eigenvalue weighted by molar-refractivity contribution is 0.597. The number of nitrogens with one attached hydrogen (secondary N) is 1. The predicted octanol–water partition coefficient (Wildman–Crippen LogP) is 1.97. The van der Waals surface area contributed by atoms with Crippen LogP contribution in [0.2, 0.25) is 0 Å². The lowest BCUT2D eigenvalue weighted by Crippen LogP contribution is -2.29. The maximum Gasteiger partial charge on any atom is 0.254 e. The van der Waals surface area contributed by atoms with Gasteiger partial charge >= 0.3 is 0 Å². The van der Waals surface area contributed by atoms with Crippen LogP contribution in [-0.4, -0.2) is 17.2 Å². The SMILES string of the molecule is Cn1c(=O)c(CC2CCCN2)cc2ccc(F)cc21. The maximum absolute atomic E-state index is 13.3. The highest BCUT2D eigenvalue weighted by Crippen LogP contribution is 2.17. The lowest BCUT2D eigenvalue weighted by Gasteiger charge is -2.12. The molecule has 3 nitrogen and oxygen atoms in total. The summed E-state index contributed by atoms with van der Waals surface area (Å²) >= 11 is 0. The van der Waals surface area contributed by atoms with E-state index < -0.39 is 0 Å². The Hall–Kier alpha value is -1.68. The molecule has 19 heavy (non-hydrogen) atoms. The summed E-state index contributed by atoms with van der Waals surface area (Å²) in [5.41, 5.74) is 1.43. The first-order valence-corrected chi connectivity index (χ1v) is 6.67. The fourth-order valence-corrected chi connectivity index (χ4v) is 2.85. The number of pyridine rings is 1. The molecule has 0 amide bonds. The van der Waals surface area contributed by atoms with Crippen LogP contribution in [0.1, 0.15) is 18.4 Å². The van der Waals surface area contributed by atoms with Crippen LogP contribution in [0.15, 0.2) is 29.1 Å². The summed E-state index contributed by atoms with van der Waals surface area (Å²) in [5.74, 6) is -0.312. The van der Waals surface area contributed by atoms with Crippen LogP contribution < -0.4 is 10.9 Å². The van der Waals surface area contributed by atoms with Crippen molar-refractivity contribution in [1.82, 2.24) is 9.88 Å². The van der Waals surface area contributed by atoms with E-state index >= 15 is 0 Å². The Morgan fingerprint density at radius 2 is 2.26 bits per heavy atom. The molecule has 1 atom stereocenters. The van der Waals surface area contributed by atoms with Crippen molar-refractivity contribution >= 4 is 10.9 Å². The first kappa shape index (κ1) is 12.4. The second-order valence-corrected chi connectivity index (χ2v) is 5.23. The van der Waals surface area contributed by atoms with E-state index in [-0.39, 0.29) is 11.4 Å². The van der Waals surface area contributed by atoms with Crippen molar-refractivity contribution in [2.45, 2.75) is 25.3 Å². The van der Waals surface area contributed by atoms with Gasteiger partial charge in [-0.2, -0.15) is 0 Å². The number of aryl methyl sites for hydroxylation is 1.